The summed E-state index contributed by atoms with van der Waals surface area (Å²) in [5, 5.41) is 13.3. The van der Waals surface area contributed by atoms with E-state index in [1.807, 2.05) is 30.3 Å². The third kappa shape index (κ3) is 5.21. The molecule has 136 valence electrons. The topological polar surface area (TPSA) is 71.0 Å². The van der Waals surface area contributed by atoms with Crippen LogP contribution in [0.25, 0.3) is 0 Å². The molecule has 0 bridgehead atoms. The zero-order valence-electron chi connectivity index (χ0n) is 14.4. The van der Waals surface area contributed by atoms with Crippen LogP contribution in [0.4, 0.5) is 0 Å². The van der Waals surface area contributed by atoms with Crippen molar-refractivity contribution in [3.8, 4) is 0 Å². The molecule has 1 saturated heterocycles. The van der Waals surface area contributed by atoms with Gasteiger partial charge in [0.1, 0.15) is 19.5 Å². The number of amides is 1. The first-order valence-electron chi connectivity index (χ1n) is 8.90. The van der Waals surface area contributed by atoms with E-state index in [0.29, 0.717) is 32.2 Å². The molecule has 1 aromatic rings. The molecule has 1 atom stereocenters. The minimum atomic E-state index is -0.451. The van der Waals surface area contributed by atoms with Crippen molar-refractivity contribution in [3.63, 3.8) is 0 Å². The normalized spacial score (nSPS) is 20.1. The largest absolute Gasteiger partial charge is 0.494 e. The molecule has 1 unspecified atom stereocenters. The Kier molecular flexibility index (Phi) is 6.30. The Labute approximate surface area is 148 Å². The first-order valence-corrected chi connectivity index (χ1v) is 8.90. The summed E-state index contributed by atoms with van der Waals surface area (Å²) >= 11 is 0. The molecular weight excluding hydrogens is 320 g/mol. The summed E-state index contributed by atoms with van der Waals surface area (Å²) in [5.41, 5.74) is 0.958. The number of rotatable bonds is 6. The predicted molar refractivity (Wildman–Crippen MR) is 93.6 cm³/mol. The average Bonchev–Trinajstić information content (AvgIpc) is 2.68. The Morgan fingerprint density at radius 1 is 1.24 bits per heavy atom. The third-order valence-corrected chi connectivity index (χ3v) is 4.75. The van der Waals surface area contributed by atoms with Crippen molar-refractivity contribution in [1.29, 1.82) is 0 Å². The van der Waals surface area contributed by atoms with Gasteiger partial charge < -0.3 is 24.8 Å². The SMILES string of the molecule is O=C(NCC1CCN(CC(O)c2ccccc2)CC1)C1=COCCO1. The summed E-state index contributed by atoms with van der Waals surface area (Å²) in [5.74, 6) is 0.510. The van der Waals surface area contributed by atoms with Gasteiger partial charge in [0.05, 0.1) is 6.10 Å². The minimum Gasteiger partial charge on any atom is -0.494 e. The van der Waals surface area contributed by atoms with Crippen molar-refractivity contribution in [2.45, 2.75) is 18.9 Å². The molecular formula is C19H26N2O4. The maximum absolute atomic E-state index is 12.0. The maximum atomic E-state index is 12.0. The highest BCUT2D eigenvalue weighted by Gasteiger charge is 2.23. The molecule has 6 heteroatoms. The number of hydrogen-bond donors (Lipinski definition) is 2. The number of piperidine rings is 1. The van der Waals surface area contributed by atoms with Gasteiger partial charge >= 0.3 is 0 Å². The molecule has 0 saturated carbocycles. The lowest BCUT2D eigenvalue weighted by Gasteiger charge is -2.33. The van der Waals surface area contributed by atoms with Crippen LogP contribution in [-0.2, 0) is 14.3 Å². The number of aliphatic hydroxyl groups is 1. The van der Waals surface area contributed by atoms with Gasteiger partial charge in [-0.25, -0.2) is 0 Å². The highest BCUT2D eigenvalue weighted by Crippen LogP contribution is 2.20. The minimum absolute atomic E-state index is 0.207. The van der Waals surface area contributed by atoms with Crippen molar-refractivity contribution < 1.29 is 19.4 Å². The quantitative estimate of drug-likeness (QED) is 0.816. The highest BCUT2D eigenvalue weighted by molar-refractivity contribution is 5.91. The number of likely N-dealkylation sites (tertiary alicyclic amines) is 1. The van der Waals surface area contributed by atoms with Gasteiger partial charge in [-0.2, -0.15) is 0 Å². The van der Waals surface area contributed by atoms with Crippen LogP contribution in [0.3, 0.4) is 0 Å². The lowest BCUT2D eigenvalue weighted by Crippen LogP contribution is -2.40. The molecule has 1 amide bonds. The Bertz CT molecular complexity index is 582. The van der Waals surface area contributed by atoms with E-state index in [1.165, 1.54) is 6.26 Å². The molecule has 1 fully saturated rings. The van der Waals surface area contributed by atoms with E-state index in [4.69, 9.17) is 9.47 Å². The van der Waals surface area contributed by atoms with E-state index in [0.717, 1.165) is 31.5 Å². The van der Waals surface area contributed by atoms with Crippen LogP contribution in [0.2, 0.25) is 0 Å². The zero-order valence-corrected chi connectivity index (χ0v) is 14.4. The summed E-state index contributed by atoms with van der Waals surface area (Å²) in [6.07, 6.45) is 2.95. The van der Waals surface area contributed by atoms with Gasteiger partial charge in [-0.3, -0.25) is 4.79 Å². The summed E-state index contributed by atoms with van der Waals surface area (Å²) in [6, 6.07) is 9.77. The van der Waals surface area contributed by atoms with E-state index in [1.54, 1.807) is 0 Å². The maximum Gasteiger partial charge on any atom is 0.289 e. The highest BCUT2D eigenvalue weighted by atomic mass is 16.6. The summed E-state index contributed by atoms with van der Waals surface area (Å²) in [7, 11) is 0. The fraction of sp³-hybridized carbons (Fsp3) is 0.526. The molecule has 0 radical (unpaired) electrons. The van der Waals surface area contributed by atoms with Gasteiger partial charge in [0, 0.05) is 13.1 Å². The van der Waals surface area contributed by atoms with Gasteiger partial charge in [-0.1, -0.05) is 30.3 Å². The second kappa shape index (κ2) is 8.87. The number of carbonyl (C=O) groups is 1. The number of β-amino-alcohol motifs (C(OH)–C–C–N with tert-alkyl or cyclic N) is 1. The second-order valence-corrected chi connectivity index (χ2v) is 6.58. The van der Waals surface area contributed by atoms with E-state index < -0.39 is 6.10 Å². The van der Waals surface area contributed by atoms with Crippen LogP contribution >= 0.6 is 0 Å². The van der Waals surface area contributed by atoms with Gasteiger partial charge in [-0.05, 0) is 37.4 Å². The van der Waals surface area contributed by atoms with Crippen LogP contribution < -0.4 is 5.32 Å². The van der Waals surface area contributed by atoms with E-state index in [-0.39, 0.29) is 11.7 Å². The van der Waals surface area contributed by atoms with Crippen LogP contribution in [-0.4, -0.2) is 55.3 Å². The Balaban J connectivity index is 1.37. The standard InChI is InChI=1S/C19H26N2O4/c22-17(16-4-2-1-3-5-16)13-21-8-6-15(7-9-21)12-20-19(23)18-14-24-10-11-25-18/h1-5,14-15,17,22H,6-13H2,(H,20,23). The number of ether oxygens (including phenoxy) is 2. The smallest absolute Gasteiger partial charge is 0.289 e. The lowest BCUT2D eigenvalue weighted by atomic mass is 9.96. The molecule has 0 aromatic heterocycles. The fourth-order valence-corrected chi connectivity index (χ4v) is 3.21. The number of nitrogens with zero attached hydrogens (tertiary/aromatic N) is 1. The lowest BCUT2D eigenvalue weighted by molar-refractivity contribution is -0.122. The third-order valence-electron chi connectivity index (χ3n) is 4.75. The Hall–Kier alpha value is -2.05. The van der Waals surface area contributed by atoms with Gasteiger partial charge in [-0.15, -0.1) is 0 Å². The number of benzene rings is 1. The molecule has 6 nitrogen and oxygen atoms in total. The number of hydrogen-bond acceptors (Lipinski definition) is 5. The van der Waals surface area contributed by atoms with E-state index in [9.17, 15) is 9.90 Å². The first-order chi connectivity index (χ1) is 12.2. The number of carbonyl (C=O) groups excluding carboxylic acids is 1. The van der Waals surface area contributed by atoms with Crippen LogP contribution in [0, 0.1) is 5.92 Å². The van der Waals surface area contributed by atoms with Crippen LogP contribution in [0.5, 0.6) is 0 Å². The Morgan fingerprint density at radius 2 is 2.00 bits per heavy atom. The van der Waals surface area contributed by atoms with Crippen LogP contribution in [0.15, 0.2) is 42.4 Å². The van der Waals surface area contributed by atoms with E-state index in [2.05, 4.69) is 10.2 Å². The first kappa shape index (κ1) is 17.8. The molecule has 2 aliphatic heterocycles. The zero-order chi connectivity index (χ0) is 17.5. The second-order valence-electron chi connectivity index (χ2n) is 6.58. The molecule has 0 spiro atoms. The van der Waals surface area contributed by atoms with Crippen molar-refractivity contribution in [3.05, 3.63) is 47.9 Å². The molecule has 2 aliphatic rings. The van der Waals surface area contributed by atoms with Crippen molar-refractivity contribution >= 4 is 5.91 Å². The van der Waals surface area contributed by atoms with Gasteiger partial charge in [0.2, 0.25) is 5.76 Å². The van der Waals surface area contributed by atoms with Crippen molar-refractivity contribution in [2.24, 2.45) is 5.92 Å². The van der Waals surface area contributed by atoms with Crippen molar-refractivity contribution in [2.75, 3.05) is 39.4 Å². The number of aliphatic hydroxyl groups excluding tert-OH is 1. The van der Waals surface area contributed by atoms with Gasteiger partial charge in [0.15, 0.2) is 0 Å². The van der Waals surface area contributed by atoms with Crippen molar-refractivity contribution in [1.82, 2.24) is 10.2 Å². The molecule has 2 heterocycles. The molecule has 25 heavy (non-hydrogen) atoms. The van der Waals surface area contributed by atoms with Crippen LogP contribution in [0.1, 0.15) is 24.5 Å². The number of nitrogens with one attached hydrogen (secondary N) is 1. The molecule has 0 aliphatic carbocycles. The van der Waals surface area contributed by atoms with E-state index >= 15 is 0 Å². The fourth-order valence-electron chi connectivity index (χ4n) is 3.21. The average molecular weight is 346 g/mol. The summed E-state index contributed by atoms with van der Waals surface area (Å²) in [4.78, 5) is 14.3. The molecule has 3 rings (SSSR count). The summed E-state index contributed by atoms with van der Waals surface area (Å²) in [6.45, 7) is 4.08. The predicted octanol–water partition coefficient (Wildman–Crippen LogP) is 1.44. The van der Waals surface area contributed by atoms with Gasteiger partial charge in [0.25, 0.3) is 5.91 Å². The molecule has 1 aromatic carbocycles. The Morgan fingerprint density at radius 3 is 2.68 bits per heavy atom. The monoisotopic (exact) mass is 346 g/mol. The molecule has 2 N–H and O–H groups in total. The summed E-state index contributed by atoms with van der Waals surface area (Å²) < 4.78 is 10.4.